The van der Waals surface area contributed by atoms with Gasteiger partial charge in [-0.15, -0.1) is 11.3 Å². The van der Waals surface area contributed by atoms with Crippen LogP contribution in [-0.4, -0.2) is 45.9 Å². The number of ether oxygens (including phenoxy) is 1. The Hall–Kier alpha value is -2.39. The number of nitrogens with one attached hydrogen (secondary N) is 1. The molecule has 0 radical (unpaired) electrons. The summed E-state index contributed by atoms with van der Waals surface area (Å²) >= 11 is 1.12. The van der Waals surface area contributed by atoms with Gasteiger partial charge in [0, 0.05) is 24.8 Å². The minimum Gasteiger partial charge on any atom is -0.469 e. The number of carbonyl (C=O) groups excluding carboxylic acids is 2. The van der Waals surface area contributed by atoms with Crippen LogP contribution in [0, 0.1) is 0 Å². The number of nitrogens with zero attached hydrogens (tertiary/aromatic N) is 1. The van der Waals surface area contributed by atoms with Crippen LogP contribution in [0.2, 0.25) is 0 Å². The van der Waals surface area contributed by atoms with Crippen LogP contribution in [0.3, 0.4) is 0 Å². The number of benzene rings is 1. The van der Waals surface area contributed by atoms with Crippen LogP contribution >= 0.6 is 11.3 Å². The van der Waals surface area contributed by atoms with Crippen molar-refractivity contribution in [2.45, 2.75) is 10.6 Å². The van der Waals surface area contributed by atoms with Gasteiger partial charge in [-0.1, -0.05) is 6.07 Å². The molecule has 0 aliphatic rings. The Morgan fingerprint density at radius 1 is 1.20 bits per heavy atom. The number of sulfonamides is 1. The van der Waals surface area contributed by atoms with Crippen molar-refractivity contribution in [1.29, 1.82) is 0 Å². The Kier molecular flexibility index (Phi) is 6.16. The van der Waals surface area contributed by atoms with Crippen LogP contribution in [0.15, 0.2) is 46.0 Å². The first kappa shape index (κ1) is 18.9. The maximum absolute atomic E-state index is 12.3. The van der Waals surface area contributed by atoms with Gasteiger partial charge in [0.2, 0.25) is 0 Å². The molecule has 0 saturated carbocycles. The van der Waals surface area contributed by atoms with Gasteiger partial charge in [0.15, 0.2) is 0 Å². The molecule has 0 bridgehead atoms. The van der Waals surface area contributed by atoms with Gasteiger partial charge in [0.1, 0.15) is 4.21 Å². The second-order valence-electron chi connectivity index (χ2n) is 5.17. The number of esters is 1. The number of thiophene rings is 1. The smallest absolute Gasteiger partial charge is 0.307 e. The van der Waals surface area contributed by atoms with E-state index in [9.17, 15) is 18.0 Å². The number of amides is 1. The number of methoxy groups -OCH3 is 1. The predicted octanol–water partition coefficient (Wildman–Crippen LogP) is 2.18. The number of carbonyl (C=O) groups is 2. The molecule has 0 aliphatic carbocycles. The highest BCUT2D eigenvalue weighted by atomic mass is 32.2. The van der Waals surface area contributed by atoms with Gasteiger partial charge in [-0.25, -0.2) is 8.42 Å². The Morgan fingerprint density at radius 3 is 2.44 bits per heavy atom. The summed E-state index contributed by atoms with van der Waals surface area (Å²) < 4.78 is 31.5. The molecule has 0 fully saturated rings. The highest BCUT2D eigenvalue weighted by Gasteiger charge is 2.16. The fourth-order valence-corrected chi connectivity index (χ4v) is 4.04. The average molecular weight is 382 g/mol. The Labute approximate surface area is 150 Å². The van der Waals surface area contributed by atoms with Gasteiger partial charge in [0.05, 0.1) is 13.5 Å². The number of hydrogen-bond donors (Lipinski definition) is 1. The first-order valence-electron chi connectivity index (χ1n) is 7.32. The van der Waals surface area contributed by atoms with Gasteiger partial charge < -0.3 is 9.64 Å². The SMILES string of the molecule is COC(=O)CCN(C)C(=O)c1ccc(NS(=O)(=O)c2cccs2)cc1. The molecular formula is C16H18N2O5S2. The third-order valence-corrected chi connectivity index (χ3v) is 6.15. The summed E-state index contributed by atoms with van der Waals surface area (Å²) in [7, 11) is -0.745. The number of rotatable bonds is 7. The zero-order valence-electron chi connectivity index (χ0n) is 13.8. The summed E-state index contributed by atoms with van der Waals surface area (Å²) in [5, 5.41) is 1.68. The van der Waals surface area contributed by atoms with Crippen LogP contribution < -0.4 is 4.72 Å². The van der Waals surface area contributed by atoms with E-state index in [1.165, 1.54) is 42.3 Å². The molecular weight excluding hydrogens is 364 g/mol. The lowest BCUT2D eigenvalue weighted by atomic mass is 10.2. The maximum atomic E-state index is 12.3. The molecule has 0 saturated heterocycles. The zero-order chi connectivity index (χ0) is 18.4. The predicted molar refractivity (Wildman–Crippen MR) is 95.2 cm³/mol. The highest BCUT2D eigenvalue weighted by molar-refractivity contribution is 7.94. The topological polar surface area (TPSA) is 92.8 Å². The monoisotopic (exact) mass is 382 g/mol. The molecule has 7 nitrogen and oxygen atoms in total. The van der Waals surface area contributed by atoms with Crippen molar-refractivity contribution in [2.75, 3.05) is 25.4 Å². The zero-order valence-corrected chi connectivity index (χ0v) is 15.4. The quantitative estimate of drug-likeness (QED) is 0.741. The van der Waals surface area contributed by atoms with Crippen molar-refractivity contribution < 1.29 is 22.7 Å². The average Bonchev–Trinajstić information content (AvgIpc) is 3.14. The Bertz CT molecular complexity index is 830. The lowest BCUT2D eigenvalue weighted by Gasteiger charge is -2.16. The summed E-state index contributed by atoms with van der Waals surface area (Å²) in [4.78, 5) is 24.8. The van der Waals surface area contributed by atoms with Crippen molar-refractivity contribution in [3.05, 3.63) is 47.3 Å². The molecule has 0 atom stereocenters. The van der Waals surface area contributed by atoms with Crippen LogP contribution in [0.5, 0.6) is 0 Å². The molecule has 0 spiro atoms. The van der Waals surface area contributed by atoms with E-state index in [0.717, 1.165) is 11.3 Å². The molecule has 134 valence electrons. The molecule has 2 rings (SSSR count). The third-order valence-electron chi connectivity index (χ3n) is 3.37. The number of hydrogen-bond acceptors (Lipinski definition) is 6. The van der Waals surface area contributed by atoms with E-state index in [2.05, 4.69) is 9.46 Å². The Morgan fingerprint density at radius 2 is 1.88 bits per heavy atom. The van der Waals surface area contributed by atoms with Gasteiger partial charge in [-0.05, 0) is 35.7 Å². The summed E-state index contributed by atoms with van der Waals surface area (Å²) in [6.07, 6.45) is 0.109. The van der Waals surface area contributed by atoms with E-state index in [1.54, 1.807) is 18.5 Å². The fourth-order valence-electron chi connectivity index (χ4n) is 1.99. The van der Waals surface area contributed by atoms with Gasteiger partial charge in [0.25, 0.3) is 15.9 Å². The first-order chi connectivity index (χ1) is 11.8. The van der Waals surface area contributed by atoms with Crippen LogP contribution in [0.25, 0.3) is 0 Å². The third kappa shape index (κ3) is 5.04. The first-order valence-corrected chi connectivity index (χ1v) is 9.68. The second kappa shape index (κ2) is 8.13. The summed E-state index contributed by atoms with van der Waals surface area (Å²) in [6.45, 7) is 0.234. The fraction of sp³-hybridized carbons (Fsp3) is 0.250. The number of anilines is 1. The van der Waals surface area contributed by atoms with Crippen LogP contribution in [0.4, 0.5) is 5.69 Å². The summed E-state index contributed by atoms with van der Waals surface area (Å²) in [6, 6.07) is 9.28. The molecule has 1 aromatic heterocycles. The summed E-state index contributed by atoms with van der Waals surface area (Å²) in [5.74, 6) is -0.658. The largest absolute Gasteiger partial charge is 0.469 e. The van der Waals surface area contributed by atoms with E-state index in [0.29, 0.717) is 11.3 Å². The van der Waals surface area contributed by atoms with Crippen molar-refractivity contribution >= 4 is 38.9 Å². The molecule has 1 amide bonds. The van der Waals surface area contributed by atoms with Crippen LogP contribution in [0.1, 0.15) is 16.8 Å². The van der Waals surface area contributed by atoms with Crippen molar-refractivity contribution in [3.8, 4) is 0 Å². The molecule has 1 aromatic carbocycles. The molecule has 2 aromatic rings. The Balaban J connectivity index is 2.02. The molecule has 0 aliphatic heterocycles. The van der Waals surface area contributed by atoms with Crippen molar-refractivity contribution in [2.24, 2.45) is 0 Å². The van der Waals surface area contributed by atoms with E-state index in [1.807, 2.05) is 0 Å². The molecule has 0 unspecified atom stereocenters. The van der Waals surface area contributed by atoms with Gasteiger partial charge in [-0.3, -0.25) is 14.3 Å². The van der Waals surface area contributed by atoms with Crippen molar-refractivity contribution in [3.63, 3.8) is 0 Å². The van der Waals surface area contributed by atoms with Gasteiger partial charge >= 0.3 is 5.97 Å². The van der Waals surface area contributed by atoms with E-state index in [4.69, 9.17) is 0 Å². The molecule has 9 heteroatoms. The summed E-state index contributed by atoms with van der Waals surface area (Å²) in [5.41, 5.74) is 0.758. The van der Waals surface area contributed by atoms with Gasteiger partial charge in [-0.2, -0.15) is 0 Å². The normalized spacial score (nSPS) is 11.0. The molecule has 1 N–H and O–H groups in total. The maximum Gasteiger partial charge on any atom is 0.307 e. The van der Waals surface area contributed by atoms with E-state index in [-0.39, 0.29) is 23.1 Å². The minimum atomic E-state index is -3.62. The lowest BCUT2D eigenvalue weighted by molar-refractivity contribution is -0.140. The minimum absolute atomic E-state index is 0.109. The molecule has 25 heavy (non-hydrogen) atoms. The highest BCUT2D eigenvalue weighted by Crippen LogP contribution is 2.20. The molecule has 1 heterocycles. The van der Waals surface area contributed by atoms with Crippen LogP contribution in [-0.2, 0) is 19.6 Å². The van der Waals surface area contributed by atoms with E-state index >= 15 is 0 Å². The second-order valence-corrected chi connectivity index (χ2v) is 8.02. The standard InChI is InChI=1S/C16H18N2O5S2/c1-18(10-9-14(19)23-2)16(20)12-5-7-13(8-6-12)17-25(21,22)15-4-3-11-24-15/h3-8,11,17H,9-10H2,1-2H3. The van der Waals surface area contributed by atoms with E-state index < -0.39 is 16.0 Å². The van der Waals surface area contributed by atoms with Crippen molar-refractivity contribution in [1.82, 2.24) is 4.90 Å². The lowest BCUT2D eigenvalue weighted by Crippen LogP contribution is -2.29.